The van der Waals surface area contributed by atoms with E-state index in [1.54, 1.807) is 42.2 Å². The van der Waals surface area contributed by atoms with Gasteiger partial charge in [-0.2, -0.15) is 0 Å². The zero-order chi connectivity index (χ0) is 21.3. The Balaban J connectivity index is 1.62. The third-order valence-corrected chi connectivity index (χ3v) is 5.29. The van der Waals surface area contributed by atoms with Crippen molar-refractivity contribution in [3.63, 3.8) is 0 Å². The van der Waals surface area contributed by atoms with Gasteiger partial charge in [-0.1, -0.05) is 18.2 Å². The Morgan fingerprint density at radius 3 is 2.37 bits per heavy atom. The van der Waals surface area contributed by atoms with Gasteiger partial charge in [0, 0.05) is 7.05 Å². The molecular weight excluding hydrogens is 468 g/mol. The number of hydrogen-bond donors (Lipinski definition) is 1. The number of aromatic nitrogens is 2. The largest absolute Gasteiger partial charge is 0.457 e. The molecule has 0 atom stereocenters. The molecule has 0 saturated carbocycles. The minimum atomic E-state index is -0.557. The second-order valence-electron chi connectivity index (χ2n) is 6.40. The number of nitrogens with one attached hydrogen (secondary N) is 1. The van der Waals surface area contributed by atoms with Crippen molar-refractivity contribution in [2.24, 2.45) is 7.05 Å². The summed E-state index contributed by atoms with van der Waals surface area (Å²) in [6.45, 7) is 0. The van der Waals surface area contributed by atoms with E-state index in [1.807, 2.05) is 30.3 Å². The van der Waals surface area contributed by atoms with Crippen LogP contribution in [0.15, 0.2) is 71.1 Å². The van der Waals surface area contributed by atoms with E-state index in [-0.39, 0.29) is 10.7 Å². The van der Waals surface area contributed by atoms with E-state index in [9.17, 15) is 9.59 Å². The maximum Gasteiger partial charge on any atom is 0.270 e. The van der Waals surface area contributed by atoms with Crippen LogP contribution in [0, 0.1) is 0 Å². The van der Waals surface area contributed by atoms with Gasteiger partial charge in [-0.05, 0) is 70.6 Å². The summed E-state index contributed by atoms with van der Waals surface area (Å²) in [6, 6.07) is 16.2. The summed E-state index contributed by atoms with van der Waals surface area (Å²) in [6.07, 6.45) is 3.06. The minimum Gasteiger partial charge on any atom is -0.457 e. The van der Waals surface area contributed by atoms with E-state index in [0.717, 1.165) is 0 Å². The SMILES string of the molecule is Cn1cnc(Br)c1/C=C1\C(=O)NC(=S)N(c2ccc(Oc3ccccc3)cc2)C1=O. The molecule has 4 rings (SSSR count). The lowest BCUT2D eigenvalue weighted by Gasteiger charge is -2.29. The summed E-state index contributed by atoms with van der Waals surface area (Å²) in [7, 11) is 1.77. The highest BCUT2D eigenvalue weighted by Gasteiger charge is 2.34. The minimum absolute atomic E-state index is 0.0166. The zero-order valence-corrected chi connectivity index (χ0v) is 18.1. The highest BCUT2D eigenvalue weighted by molar-refractivity contribution is 9.10. The van der Waals surface area contributed by atoms with Crippen molar-refractivity contribution in [2.75, 3.05) is 4.90 Å². The molecule has 9 heteroatoms. The number of carbonyl (C=O) groups is 2. The molecule has 2 aromatic carbocycles. The van der Waals surface area contributed by atoms with Crippen molar-refractivity contribution in [1.82, 2.24) is 14.9 Å². The van der Waals surface area contributed by atoms with Gasteiger partial charge in [-0.25, -0.2) is 4.98 Å². The summed E-state index contributed by atoms with van der Waals surface area (Å²) in [4.78, 5) is 30.9. The Morgan fingerprint density at radius 1 is 1.07 bits per heavy atom. The van der Waals surface area contributed by atoms with Crippen LogP contribution in [0.4, 0.5) is 5.69 Å². The summed E-state index contributed by atoms with van der Waals surface area (Å²) in [5, 5.41) is 2.58. The van der Waals surface area contributed by atoms with Gasteiger partial charge in [-0.3, -0.25) is 19.8 Å². The number of carbonyl (C=O) groups excluding carboxylic acids is 2. The first kappa shape index (κ1) is 20.0. The van der Waals surface area contributed by atoms with Gasteiger partial charge in [-0.15, -0.1) is 0 Å². The normalized spacial score (nSPS) is 15.5. The van der Waals surface area contributed by atoms with Crippen LogP contribution in [0.25, 0.3) is 6.08 Å². The average molecular weight is 483 g/mol. The molecule has 0 spiro atoms. The van der Waals surface area contributed by atoms with E-state index < -0.39 is 11.8 Å². The van der Waals surface area contributed by atoms with Crippen LogP contribution in [0.1, 0.15) is 5.69 Å². The van der Waals surface area contributed by atoms with Gasteiger partial charge in [0.25, 0.3) is 11.8 Å². The van der Waals surface area contributed by atoms with Crippen molar-refractivity contribution in [3.05, 3.63) is 76.8 Å². The predicted molar refractivity (Wildman–Crippen MR) is 120 cm³/mol. The summed E-state index contributed by atoms with van der Waals surface area (Å²) in [5.41, 5.74) is 1.06. The summed E-state index contributed by atoms with van der Waals surface area (Å²) >= 11 is 8.56. The lowest BCUT2D eigenvalue weighted by atomic mass is 10.1. The topological polar surface area (TPSA) is 76.5 Å². The number of halogens is 1. The lowest BCUT2D eigenvalue weighted by Crippen LogP contribution is -2.54. The van der Waals surface area contributed by atoms with Crippen molar-refractivity contribution in [1.29, 1.82) is 0 Å². The quantitative estimate of drug-likeness (QED) is 0.347. The van der Waals surface area contributed by atoms with E-state index in [1.165, 1.54) is 11.0 Å². The molecule has 1 aliphatic rings. The van der Waals surface area contributed by atoms with Gasteiger partial charge >= 0.3 is 0 Å². The van der Waals surface area contributed by atoms with Crippen LogP contribution in [-0.4, -0.2) is 26.5 Å². The fourth-order valence-corrected chi connectivity index (χ4v) is 3.66. The number of nitrogens with zero attached hydrogens (tertiary/aromatic N) is 3. The van der Waals surface area contributed by atoms with E-state index in [4.69, 9.17) is 17.0 Å². The van der Waals surface area contributed by atoms with Crippen LogP contribution >= 0.6 is 28.1 Å². The molecule has 7 nitrogen and oxygen atoms in total. The fraction of sp³-hybridized carbons (Fsp3) is 0.0476. The van der Waals surface area contributed by atoms with E-state index in [0.29, 0.717) is 27.5 Å². The maximum atomic E-state index is 13.1. The molecule has 3 aromatic rings. The highest BCUT2D eigenvalue weighted by atomic mass is 79.9. The standard InChI is InChI=1S/C21H15BrN4O3S/c1-25-12-23-18(22)17(25)11-16-19(27)24-21(30)26(20(16)28)13-7-9-15(10-8-13)29-14-5-3-2-4-6-14/h2-12H,1H3,(H,24,27,30)/b16-11+. The van der Waals surface area contributed by atoms with Crippen molar-refractivity contribution < 1.29 is 14.3 Å². The molecule has 1 N–H and O–H groups in total. The van der Waals surface area contributed by atoms with Gasteiger partial charge < -0.3 is 9.30 Å². The number of thiocarbonyl (C=S) groups is 1. The molecule has 1 aliphatic heterocycles. The fourth-order valence-electron chi connectivity index (χ4n) is 2.89. The number of anilines is 1. The number of ether oxygens (including phenoxy) is 1. The number of aryl methyl sites for hydroxylation is 1. The van der Waals surface area contributed by atoms with E-state index >= 15 is 0 Å². The Bertz CT molecular complexity index is 1150. The highest BCUT2D eigenvalue weighted by Crippen LogP contribution is 2.27. The molecule has 0 unspecified atom stereocenters. The Hall–Kier alpha value is -3.30. The zero-order valence-electron chi connectivity index (χ0n) is 15.7. The van der Waals surface area contributed by atoms with Gasteiger partial charge in [0.15, 0.2) is 5.11 Å². The molecule has 1 aromatic heterocycles. The van der Waals surface area contributed by atoms with Crippen molar-refractivity contribution in [3.8, 4) is 11.5 Å². The average Bonchev–Trinajstić information content (AvgIpc) is 3.04. The molecule has 0 bridgehead atoms. The van der Waals surface area contributed by atoms with Crippen LogP contribution < -0.4 is 15.0 Å². The molecule has 0 aliphatic carbocycles. The predicted octanol–water partition coefficient (Wildman–Crippen LogP) is 3.81. The van der Waals surface area contributed by atoms with Crippen LogP contribution in [-0.2, 0) is 16.6 Å². The first-order chi connectivity index (χ1) is 14.4. The summed E-state index contributed by atoms with van der Waals surface area (Å²) in [5.74, 6) is 0.236. The molecule has 2 heterocycles. The monoisotopic (exact) mass is 482 g/mol. The van der Waals surface area contributed by atoms with Crippen LogP contribution in [0.3, 0.4) is 0 Å². The van der Waals surface area contributed by atoms with Gasteiger partial charge in [0.1, 0.15) is 21.7 Å². The lowest BCUT2D eigenvalue weighted by molar-refractivity contribution is -0.122. The molecular formula is C21H15BrN4O3S. The molecule has 1 fully saturated rings. The number of benzene rings is 2. The Kier molecular flexibility index (Phi) is 5.47. The third-order valence-electron chi connectivity index (χ3n) is 4.39. The van der Waals surface area contributed by atoms with Crippen LogP contribution in [0.5, 0.6) is 11.5 Å². The van der Waals surface area contributed by atoms with Crippen LogP contribution in [0.2, 0.25) is 0 Å². The second kappa shape index (κ2) is 8.21. The number of hydrogen-bond acceptors (Lipinski definition) is 5. The number of para-hydroxylation sites is 1. The number of rotatable bonds is 4. The van der Waals surface area contributed by atoms with Crippen molar-refractivity contribution >= 4 is 56.8 Å². The molecule has 0 radical (unpaired) electrons. The number of imidazole rings is 1. The smallest absolute Gasteiger partial charge is 0.270 e. The maximum absolute atomic E-state index is 13.1. The second-order valence-corrected chi connectivity index (χ2v) is 7.54. The summed E-state index contributed by atoms with van der Waals surface area (Å²) < 4.78 is 8.00. The molecule has 2 amide bonds. The van der Waals surface area contributed by atoms with E-state index in [2.05, 4.69) is 26.2 Å². The Labute approximate surface area is 186 Å². The molecule has 150 valence electrons. The van der Waals surface area contributed by atoms with Gasteiger partial charge in [0.05, 0.1) is 17.7 Å². The first-order valence-electron chi connectivity index (χ1n) is 8.85. The first-order valence-corrected chi connectivity index (χ1v) is 10.1. The molecule has 30 heavy (non-hydrogen) atoms. The van der Waals surface area contributed by atoms with Gasteiger partial charge in [0.2, 0.25) is 0 Å². The van der Waals surface area contributed by atoms with Crippen molar-refractivity contribution in [2.45, 2.75) is 0 Å². The Morgan fingerprint density at radius 2 is 1.73 bits per heavy atom. The third kappa shape index (κ3) is 3.89. The molecule has 1 saturated heterocycles. The number of amides is 2.